The van der Waals surface area contributed by atoms with Crippen LogP contribution in [0.2, 0.25) is 0 Å². The molecular weight excluding hydrogens is 202 g/mol. The van der Waals surface area contributed by atoms with Gasteiger partial charge in [-0.3, -0.25) is 0 Å². The van der Waals surface area contributed by atoms with Crippen molar-refractivity contribution in [2.24, 2.45) is 11.7 Å². The van der Waals surface area contributed by atoms with Gasteiger partial charge in [-0.2, -0.15) is 0 Å². The van der Waals surface area contributed by atoms with Crippen LogP contribution in [-0.2, 0) is 0 Å². The van der Waals surface area contributed by atoms with Crippen molar-refractivity contribution >= 4 is 11.8 Å². The van der Waals surface area contributed by atoms with Crippen LogP contribution in [0.25, 0.3) is 0 Å². The Morgan fingerprint density at radius 1 is 1.40 bits per heavy atom. The van der Waals surface area contributed by atoms with E-state index in [-0.39, 0.29) is 0 Å². The average Bonchev–Trinajstić information content (AvgIpc) is 2.25. The number of aryl methyl sites for hydroxylation is 1. The Hall–Kier alpha value is -0.470. The van der Waals surface area contributed by atoms with Crippen LogP contribution in [-0.4, -0.2) is 11.8 Å². The Morgan fingerprint density at radius 2 is 2.13 bits per heavy atom. The molecule has 1 rings (SSSR count). The third-order valence-corrected chi connectivity index (χ3v) is 3.95. The topological polar surface area (TPSA) is 26.0 Å². The summed E-state index contributed by atoms with van der Waals surface area (Å²) in [4.78, 5) is 1.33. The van der Waals surface area contributed by atoms with E-state index in [1.54, 1.807) is 0 Å². The highest BCUT2D eigenvalue weighted by Gasteiger charge is 2.10. The minimum Gasteiger partial charge on any atom is -0.327 e. The van der Waals surface area contributed by atoms with Crippen molar-refractivity contribution in [2.75, 3.05) is 5.75 Å². The standard InChI is InChI=1S/C13H21NS/c1-4-11(3)13(14)9-15-12-7-5-6-10(2)8-12/h5-8,11,13H,4,9,14H2,1-3H3. The second-order valence-electron chi connectivity index (χ2n) is 4.18. The number of rotatable bonds is 5. The van der Waals surface area contributed by atoms with Crippen molar-refractivity contribution in [3.05, 3.63) is 29.8 Å². The van der Waals surface area contributed by atoms with Crippen molar-refractivity contribution in [2.45, 2.75) is 38.1 Å². The zero-order valence-electron chi connectivity index (χ0n) is 9.86. The summed E-state index contributed by atoms with van der Waals surface area (Å²) in [5, 5.41) is 0. The van der Waals surface area contributed by atoms with Gasteiger partial charge in [0.1, 0.15) is 0 Å². The van der Waals surface area contributed by atoms with Gasteiger partial charge in [0.25, 0.3) is 0 Å². The second kappa shape index (κ2) is 6.19. The molecule has 0 saturated heterocycles. The zero-order valence-corrected chi connectivity index (χ0v) is 10.7. The van der Waals surface area contributed by atoms with E-state index in [1.807, 2.05) is 11.8 Å². The summed E-state index contributed by atoms with van der Waals surface area (Å²) < 4.78 is 0. The van der Waals surface area contributed by atoms with Crippen LogP contribution in [0.15, 0.2) is 29.2 Å². The summed E-state index contributed by atoms with van der Waals surface area (Å²) in [5.41, 5.74) is 7.41. The summed E-state index contributed by atoms with van der Waals surface area (Å²) in [6, 6.07) is 8.90. The maximum Gasteiger partial charge on any atom is 0.0159 e. The Labute approximate surface area is 97.4 Å². The summed E-state index contributed by atoms with van der Waals surface area (Å²) in [6.45, 7) is 6.54. The third-order valence-electron chi connectivity index (χ3n) is 2.81. The molecule has 2 atom stereocenters. The predicted octanol–water partition coefficient (Wildman–Crippen LogP) is 3.46. The average molecular weight is 223 g/mol. The molecule has 84 valence electrons. The lowest BCUT2D eigenvalue weighted by atomic mass is 10.0. The van der Waals surface area contributed by atoms with Gasteiger partial charge in [-0.15, -0.1) is 11.8 Å². The maximum absolute atomic E-state index is 6.09. The first-order valence-electron chi connectivity index (χ1n) is 5.58. The molecule has 0 radical (unpaired) electrons. The molecule has 0 aliphatic carbocycles. The Kier molecular flexibility index (Phi) is 5.20. The van der Waals surface area contributed by atoms with Crippen LogP contribution >= 0.6 is 11.8 Å². The van der Waals surface area contributed by atoms with E-state index in [2.05, 4.69) is 45.0 Å². The minimum atomic E-state index is 0.306. The van der Waals surface area contributed by atoms with Crippen LogP contribution in [0.5, 0.6) is 0 Å². The van der Waals surface area contributed by atoms with Gasteiger partial charge >= 0.3 is 0 Å². The molecule has 1 aromatic carbocycles. The number of benzene rings is 1. The number of hydrogen-bond acceptors (Lipinski definition) is 2. The molecule has 0 saturated carbocycles. The van der Waals surface area contributed by atoms with Gasteiger partial charge in [0.2, 0.25) is 0 Å². The molecular formula is C13H21NS. The zero-order chi connectivity index (χ0) is 11.3. The van der Waals surface area contributed by atoms with E-state index in [4.69, 9.17) is 5.73 Å². The molecule has 2 heteroatoms. The molecule has 1 nitrogen and oxygen atoms in total. The lowest BCUT2D eigenvalue weighted by Gasteiger charge is -2.17. The Bertz CT molecular complexity index is 298. The Balaban J connectivity index is 2.43. The predicted molar refractivity (Wildman–Crippen MR) is 69.3 cm³/mol. The highest BCUT2D eigenvalue weighted by atomic mass is 32.2. The van der Waals surface area contributed by atoms with Crippen molar-refractivity contribution in [3.8, 4) is 0 Å². The van der Waals surface area contributed by atoms with E-state index in [9.17, 15) is 0 Å². The highest BCUT2D eigenvalue weighted by Crippen LogP contribution is 2.21. The largest absolute Gasteiger partial charge is 0.327 e. The number of hydrogen-bond donors (Lipinski definition) is 1. The minimum absolute atomic E-state index is 0.306. The fourth-order valence-electron chi connectivity index (χ4n) is 1.36. The van der Waals surface area contributed by atoms with Gasteiger partial charge in [-0.1, -0.05) is 38.0 Å². The van der Waals surface area contributed by atoms with Crippen molar-refractivity contribution in [1.29, 1.82) is 0 Å². The first-order valence-corrected chi connectivity index (χ1v) is 6.57. The lowest BCUT2D eigenvalue weighted by molar-refractivity contribution is 0.475. The van der Waals surface area contributed by atoms with Gasteiger partial charge in [-0.25, -0.2) is 0 Å². The van der Waals surface area contributed by atoms with Crippen LogP contribution in [0, 0.1) is 12.8 Å². The fourth-order valence-corrected chi connectivity index (χ4v) is 2.52. The molecule has 0 bridgehead atoms. The smallest absolute Gasteiger partial charge is 0.0159 e. The van der Waals surface area contributed by atoms with Crippen molar-refractivity contribution in [1.82, 2.24) is 0 Å². The van der Waals surface area contributed by atoms with Gasteiger partial charge in [0.05, 0.1) is 0 Å². The molecule has 15 heavy (non-hydrogen) atoms. The first kappa shape index (κ1) is 12.6. The molecule has 2 unspecified atom stereocenters. The van der Waals surface area contributed by atoms with E-state index >= 15 is 0 Å². The van der Waals surface area contributed by atoms with Crippen molar-refractivity contribution < 1.29 is 0 Å². The molecule has 0 fully saturated rings. The molecule has 0 aliphatic rings. The normalized spacial score (nSPS) is 14.9. The molecule has 0 heterocycles. The number of thioether (sulfide) groups is 1. The SMILES string of the molecule is CCC(C)C(N)CSc1cccc(C)c1. The van der Waals surface area contributed by atoms with Crippen LogP contribution in [0.1, 0.15) is 25.8 Å². The van der Waals surface area contributed by atoms with Gasteiger partial charge in [-0.05, 0) is 25.0 Å². The van der Waals surface area contributed by atoms with Gasteiger partial charge in [0.15, 0.2) is 0 Å². The van der Waals surface area contributed by atoms with Crippen LogP contribution < -0.4 is 5.73 Å². The van der Waals surface area contributed by atoms with Gasteiger partial charge < -0.3 is 5.73 Å². The molecule has 1 aromatic rings. The molecule has 0 amide bonds. The fraction of sp³-hybridized carbons (Fsp3) is 0.538. The van der Waals surface area contributed by atoms with Crippen molar-refractivity contribution in [3.63, 3.8) is 0 Å². The molecule has 0 aliphatic heterocycles. The quantitative estimate of drug-likeness (QED) is 0.774. The van der Waals surface area contributed by atoms with Gasteiger partial charge in [0, 0.05) is 16.7 Å². The summed E-state index contributed by atoms with van der Waals surface area (Å²) in [7, 11) is 0. The van der Waals surface area contributed by atoms with E-state index < -0.39 is 0 Å². The first-order chi connectivity index (χ1) is 7.13. The molecule has 0 aromatic heterocycles. The Morgan fingerprint density at radius 3 is 2.73 bits per heavy atom. The van der Waals surface area contributed by atoms with Crippen LogP contribution in [0.4, 0.5) is 0 Å². The van der Waals surface area contributed by atoms with E-state index in [0.717, 1.165) is 12.2 Å². The molecule has 0 spiro atoms. The number of nitrogens with two attached hydrogens (primary N) is 1. The molecule has 2 N–H and O–H groups in total. The van der Waals surface area contributed by atoms with E-state index in [0.29, 0.717) is 12.0 Å². The summed E-state index contributed by atoms with van der Waals surface area (Å²) >= 11 is 1.86. The van der Waals surface area contributed by atoms with Crippen LogP contribution in [0.3, 0.4) is 0 Å². The second-order valence-corrected chi connectivity index (χ2v) is 5.27. The highest BCUT2D eigenvalue weighted by molar-refractivity contribution is 7.99. The maximum atomic E-state index is 6.09. The summed E-state index contributed by atoms with van der Waals surface area (Å²) in [6.07, 6.45) is 1.16. The monoisotopic (exact) mass is 223 g/mol. The lowest BCUT2D eigenvalue weighted by Crippen LogP contribution is -2.30. The third kappa shape index (κ3) is 4.27. The summed E-state index contributed by atoms with van der Waals surface area (Å²) in [5.74, 6) is 1.63. The van der Waals surface area contributed by atoms with E-state index in [1.165, 1.54) is 10.5 Å².